The zero-order valence-electron chi connectivity index (χ0n) is 10.4. The lowest BCUT2D eigenvalue weighted by molar-refractivity contribution is -0.388. The van der Waals surface area contributed by atoms with E-state index in [1.807, 2.05) is 6.92 Å². The molecule has 9 heteroatoms. The number of rotatable bonds is 7. The first-order valence-corrected chi connectivity index (χ1v) is 7.08. The molecular formula is C10H15N3O5S. The molecule has 0 fully saturated rings. The van der Waals surface area contributed by atoms with Crippen LogP contribution in [0.4, 0.5) is 11.5 Å². The molecule has 1 aromatic rings. The molecule has 0 amide bonds. The van der Waals surface area contributed by atoms with Gasteiger partial charge in [-0.2, -0.15) is 8.42 Å². The highest BCUT2D eigenvalue weighted by Crippen LogP contribution is 2.25. The molecule has 0 aromatic carbocycles. The summed E-state index contributed by atoms with van der Waals surface area (Å²) in [5.74, 6) is -0.124. The summed E-state index contributed by atoms with van der Waals surface area (Å²) in [6.07, 6.45) is 3.09. The number of anilines is 1. The van der Waals surface area contributed by atoms with Gasteiger partial charge in [0.1, 0.15) is 12.0 Å². The van der Waals surface area contributed by atoms with Gasteiger partial charge in [-0.05, 0) is 6.42 Å². The normalized spacial score (nSPS) is 11.4. The second kappa shape index (κ2) is 6.43. The highest BCUT2D eigenvalue weighted by Gasteiger charge is 2.27. The van der Waals surface area contributed by atoms with E-state index in [-0.39, 0.29) is 12.4 Å². The lowest BCUT2D eigenvalue weighted by atomic mass is 10.3. The van der Waals surface area contributed by atoms with E-state index in [9.17, 15) is 18.5 Å². The van der Waals surface area contributed by atoms with Crippen molar-refractivity contribution in [2.24, 2.45) is 0 Å². The van der Waals surface area contributed by atoms with Crippen LogP contribution in [0.2, 0.25) is 0 Å². The molecule has 0 radical (unpaired) electrons. The summed E-state index contributed by atoms with van der Waals surface area (Å²) in [6.45, 7) is 1.94. The third kappa shape index (κ3) is 4.14. The molecule has 2 N–H and O–H groups in total. The van der Waals surface area contributed by atoms with Crippen molar-refractivity contribution in [2.45, 2.75) is 31.1 Å². The molecular weight excluding hydrogens is 274 g/mol. The van der Waals surface area contributed by atoms with Crippen LogP contribution in [-0.4, -0.2) is 24.9 Å². The number of nitrogens with zero attached hydrogens (tertiary/aromatic N) is 2. The molecule has 8 nitrogen and oxygen atoms in total. The molecule has 0 atom stereocenters. The summed E-state index contributed by atoms with van der Waals surface area (Å²) in [6, 6.07) is 0.924. The van der Waals surface area contributed by atoms with Gasteiger partial charge in [0.25, 0.3) is 0 Å². The lowest BCUT2D eigenvalue weighted by Gasteiger charge is -2.06. The van der Waals surface area contributed by atoms with Gasteiger partial charge in [-0.25, -0.2) is 4.98 Å². The topological polar surface area (TPSA) is 125 Å². The van der Waals surface area contributed by atoms with Gasteiger partial charge in [0.15, 0.2) is 4.90 Å². The van der Waals surface area contributed by atoms with Crippen LogP contribution in [0.15, 0.2) is 17.2 Å². The first kappa shape index (κ1) is 15.3. The summed E-state index contributed by atoms with van der Waals surface area (Å²) in [5, 5.41) is 10.8. The fourth-order valence-corrected chi connectivity index (χ4v) is 2.48. The highest BCUT2D eigenvalue weighted by atomic mass is 32.2. The summed E-state index contributed by atoms with van der Waals surface area (Å²) >= 11 is 0. The van der Waals surface area contributed by atoms with Crippen LogP contribution in [0.25, 0.3) is 0 Å². The largest absolute Gasteiger partial charge is 0.384 e. The highest BCUT2D eigenvalue weighted by molar-refractivity contribution is 7.87. The SMILES string of the molecule is CCCCCOS(=O)(=O)c1cc(N)ncc1[N+](=O)[O-]. The fraction of sp³-hybridized carbons (Fsp3) is 0.500. The maximum Gasteiger partial charge on any atom is 0.308 e. The average Bonchev–Trinajstić information content (AvgIpc) is 2.34. The van der Waals surface area contributed by atoms with E-state index in [1.165, 1.54) is 0 Å². The number of hydrogen-bond donors (Lipinski definition) is 1. The third-order valence-corrected chi connectivity index (χ3v) is 3.66. The Bertz CT molecular complexity index is 558. The molecule has 0 saturated carbocycles. The molecule has 0 spiro atoms. The van der Waals surface area contributed by atoms with Crippen molar-refractivity contribution in [3.63, 3.8) is 0 Å². The maximum absolute atomic E-state index is 11.9. The van der Waals surface area contributed by atoms with Gasteiger partial charge < -0.3 is 5.73 Å². The van der Waals surface area contributed by atoms with Crippen LogP contribution in [0.3, 0.4) is 0 Å². The Balaban J connectivity index is 3.00. The monoisotopic (exact) mass is 289 g/mol. The van der Waals surface area contributed by atoms with E-state index in [4.69, 9.17) is 9.92 Å². The van der Waals surface area contributed by atoms with Gasteiger partial charge in [-0.3, -0.25) is 14.3 Å². The molecule has 0 aliphatic carbocycles. The molecule has 0 bridgehead atoms. The Morgan fingerprint density at radius 1 is 1.47 bits per heavy atom. The Morgan fingerprint density at radius 3 is 2.74 bits per heavy atom. The molecule has 0 aliphatic rings. The number of nitrogens with two attached hydrogens (primary N) is 1. The van der Waals surface area contributed by atoms with Crippen molar-refractivity contribution in [1.82, 2.24) is 4.98 Å². The van der Waals surface area contributed by atoms with Crippen molar-refractivity contribution in [3.8, 4) is 0 Å². The van der Waals surface area contributed by atoms with Gasteiger partial charge in [0, 0.05) is 6.07 Å². The first-order chi connectivity index (χ1) is 8.88. The number of pyridine rings is 1. The molecule has 0 aliphatic heterocycles. The van der Waals surface area contributed by atoms with Crippen LogP contribution in [0.5, 0.6) is 0 Å². The van der Waals surface area contributed by atoms with Gasteiger partial charge >= 0.3 is 15.8 Å². The maximum atomic E-state index is 11.9. The van der Waals surface area contributed by atoms with Crippen LogP contribution in [0, 0.1) is 10.1 Å². The Hall–Kier alpha value is -1.74. The Kier molecular flexibility index (Phi) is 5.19. The lowest BCUT2D eigenvalue weighted by Crippen LogP contribution is -2.11. The van der Waals surface area contributed by atoms with Crippen molar-refractivity contribution in [1.29, 1.82) is 0 Å². The van der Waals surface area contributed by atoms with Gasteiger partial charge in [-0.15, -0.1) is 0 Å². The van der Waals surface area contributed by atoms with Gasteiger partial charge in [0.05, 0.1) is 11.5 Å². The molecule has 0 unspecified atom stereocenters. The molecule has 1 aromatic heterocycles. The smallest absolute Gasteiger partial charge is 0.308 e. The molecule has 1 rings (SSSR count). The van der Waals surface area contributed by atoms with Gasteiger partial charge in [0.2, 0.25) is 0 Å². The van der Waals surface area contributed by atoms with Crippen LogP contribution >= 0.6 is 0 Å². The van der Waals surface area contributed by atoms with Crippen molar-refractivity contribution in [3.05, 3.63) is 22.4 Å². The summed E-state index contributed by atoms with van der Waals surface area (Å²) in [4.78, 5) is 12.9. The summed E-state index contributed by atoms with van der Waals surface area (Å²) in [5.41, 5.74) is 4.70. The number of nitrogen functional groups attached to an aromatic ring is 1. The predicted molar refractivity (Wildman–Crippen MR) is 68.0 cm³/mol. The minimum absolute atomic E-state index is 0.0183. The van der Waals surface area contributed by atoms with E-state index in [1.54, 1.807) is 0 Å². The molecule has 1 heterocycles. The van der Waals surface area contributed by atoms with E-state index in [2.05, 4.69) is 4.98 Å². The van der Waals surface area contributed by atoms with Crippen molar-refractivity contribution < 1.29 is 17.5 Å². The van der Waals surface area contributed by atoms with Gasteiger partial charge in [-0.1, -0.05) is 19.8 Å². The number of hydrogen-bond acceptors (Lipinski definition) is 7. The van der Waals surface area contributed by atoms with E-state index in [0.29, 0.717) is 6.42 Å². The number of nitro groups is 1. The van der Waals surface area contributed by atoms with Crippen LogP contribution in [-0.2, 0) is 14.3 Å². The zero-order chi connectivity index (χ0) is 14.5. The summed E-state index contributed by atoms with van der Waals surface area (Å²) < 4.78 is 28.5. The minimum Gasteiger partial charge on any atom is -0.384 e. The minimum atomic E-state index is -4.20. The third-order valence-electron chi connectivity index (χ3n) is 2.32. The fourth-order valence-electron chi connectivity index (χ4n) is 1.37. The average molecular weight is 289 g/mol. The van der Waals surface area contributed by atoms with E-state index < -0.39 is 25.6 Å². The second-order valence-electron chi connectivity index (χ2n) is 3.82. The molecule has 19 heavy (non-hydrogen) atoms. The molecule has 106 valence electrons. The predicted octanol–water partition coefficient (Wildman–Crippen LogP) is 1.47. The van der Waals surface area contributed by atoms with Crippen LogP contribution < -0.4 is 5.73 Å². The van der Waals surface area contributed by atoms with E-state index >= 15 is 0 Å². The first-order valence-electron chi connectivity index (χ1n) is 5.68. The number of aromatic nitrogens is 1. The Labute approximate surface area is 110 Å². The van der Waals surface area contributed by atoms with Crippen LogP contribution in [0.1, 0.15) is 26.2 Å². The number of unbranched alkanes of at least 4 members (excludes halogenated alkanes) is 2. The Morgan fingerprint density at radius 2 is 2.16 bits per heavy atom. The standard InChI is InChI=1S/C10H15N3O5S/c1-2-3-4-5-18-19(16,17)9-6-10(11)12-7-8(9)13(14)15/h6-7H,2-5H2,1H3,(H2,11,12). The van der Waals surface area contributed by atoms with Crippen molar-refractivity contribution >= 4 is 21.6 Å². The zero-order valence-corrected chi connectivity index (χ0v) is 11.2. The molecule has 0 saturated heterocycles. The second-order valence-corrected chi connectivity index (χ2v) is 5.40. The van der Waals surface area contributed by atoms with Crippen molar-refractivity contribution in [2.75, 3.05) is 12.3 Å². The quantitative estimate of drug-likeness (QED) is 0.348. The van der Waals surface area contributed by atoms with E-state index in [0.717, 1.165) is 25.1 Å². The summed E-state index contributed by atoms with van der Waals surface area (Å²) in [7, 11) is -4.20.